The number of fused-ring (bicyclic) bond motifs is 4. The summed E-state index contributed by atoms with van der Waals surface area (Å²) in [5.74, 6) is 0. The number of nitrogens with zero attached hydrogens (tertiary/aromatic N) is 2. The Morgan fingerprint density at radius 1 is 0.412 bits per heavy atom. The van der Waals surface area contributed by atoms with Gasteiger partial charge < -0.3 is 0 Å². The van der Waals surface area contributed by atoms with Gasteiger partial charge in [-0.2, -0.15) is 0 Å². The van der Waals surface area contributed by atoms with Crippen molar-refractivity contribution in [2.24, 2.45) is 9.98 Å². The first kappa shape index (κ1) is 19.8. The van der Waals surface area contributed by atoms with Gasteiger partial charge in [0.05, 0.1) is 22.1 Å². The number of benzene rings is 5. The Kier molecular flexibility index (Phi) is 4.67. The van der Waals surface area contributed by atoms with E-state index in [1.807, 2.05) is 0 Å². The number of para-hydroxylation sites is 2. The highest BCUT2D eigenvalue weighted by atomic mass is 32.2. The monoisotopic (exact) mass is 470 g/mol. The zero-order chi connectivity index (χ0) is 22.5. The molecule has 0 radical (unpaired) electrons. The molecule has 7 rings (SSSR count). The summed E-state index contributed by atoms with van der Waals surface area (Å²) in [7, 11) is 0. The first-order valence-corrected chi connectivity index (χ1v) is 12.8. The van der Waals surface area contributed by atoms with Crippen LogP contribution < -0.4 is 10.7 Å². The van der Waals surface area contributed by atoms with E-state index in [-0.39, 0.29) is 0 Å². The molecule has 0 spiro atoms. The molecule has 34 heavy (non-hydrogen) atoms. The van der Waals surface area contributed by atoms with Gasteiger partial charge in [0.2, 0.25) is 0 Å². The van der Waals surface area contributed by atoms with Gasteiger partial charge in [-0.3, -0.25) is 0 Å². The van der Waals surface area contributed by atoms with Crippen molar-refractivity contribution in [1.82, 2.24) is 0 Å². The van der Waals surface area contributed by atoms with Crippen LogP contribution in [0.15, 0.2) is 139 Å². The molecule has 0 unspecified atom stereocenters. The Morgan fingerprint density at radius 3 is 1.24 bits per heavy atom. The van der Waals surface area contributed by atoms with E-state index in [4.69, 9.17) is 9.98 Å². The molecular weight excluding hydrogens is 452 g/mol. The zero-order valence-corrected chi connectivity index (χ0v) is 19.7. The minimum absolute atomic E-state index is 1.02. The van der Waals surface area contributed by atoms with Gasteiger partial charge in [0.1, 0.15) is 0 Å². The van der Waals surface area contributed by atoms with Crippen LogP contribution in [-0.4, -0.2) is 0 Å². The highest BCUT2D eigenvalue weighted by molar-refractivity contribution is 8.00. The lowest BCUT2D eigenvalue weighted by Gasteiger charge is -2.24. The first-order chi connectivity index (χ1) is 16.9. The van der Waals surface area contributed by atoms with Gasteiger partial charge in [0, 0.05) is 30.7 Å². The fourth-order valence-corrected chi connectivity index (χ4v) is 6.86. The van der Waals surface area contributed by atoms with Crippen LogP contribution in [0, 0.1) is 0 Å². The predicted molar refractivity (Wildman–Crippen MR) is 140 cm³/mol. The van der Waals surface area contributed by atoms with Crippen molar-refractivity contribution in [3.8, 4) is 22.3 Å². The van der Waals surface area contributed by atoms with Crippen LogP contribution in [0.25, 0.3) is 22.3 Å². The molecular formula is C30H18N2S2. The van der Waals surface area contributed by atoms with Gasteiger partial charge in [-0.1, -0.05) is 108 Å². The lowest BCUT2D eigenvalue weighted by molar-refractivity contribution is 1.08. The van der Waals surface area contributed by atoms with Gasteiger partial charge in [-0.05, 0) is 35.4 Å². The predicted octanol–water partition coefficient (Wildman–Crippen LogP) is 7.85. The van der Waals surface area contributed by atoms with Crippen LogP contribution in [0.2, 0.25) is 0 Å². The Labute approximate surface area is 206 Å². The molecule has 2 nitrogen and oxygen atoms in total. The van der Waals surface area contributed by atoms with Gasteiger partial charge >= 0.3 is 0 Å². The van der Waals surface area contributed by atoms with E-state index in [0.717, 1.165) is 33.2 Å². The number of hydrogen-bond donors (Lipinski definition) is 0. The molecule has 0 saturated carbocycles. The molecule has 0 atom stereocenters. The maximum absolute atomic E-state index is 5.26. The SMILES string of the molecule is c1ccc(-c2c3c(c(-c4ccccc4)c4c2=Nc2ccccc2S4)=Nc2ccccc2S3)cc1. The van der Waals surface area contributed by atoms with Crippen LogP contribution in [-0.2, 0) is 0 Å². The summed E-state index contributed by atoms with van der Waals surface area (Å²) in [6.07, 6.45) is 0. The van der Waals surface area contributed by atoms with Crippen LogP contribution in [0.1, 0.15) is 0 Å². The lowest BCUT2D eigenvalue weighted by Crippen LogP contribution is -2.25. The smallest absolute Gasteiger partial charge is 0.0874 e. The Morgan fingerprint density at radius 2 is 0.794 bits per heavy atom. The molecule has 160 valence electrons. The molecule has 0 N–H and O–H groups in total. The van der Waals surface area contributed by atoms with E-state index in [1.165, 1.54) is 30.7 Å². The second-order valence-corrected chi connectivity index (χ2v) is 10.3. The minimum Gasteiger partial charge on any atom is -0.246 e. The Hall–Kier alpha value is -3.60. The van der Waals surface area contributed by atoms with E-state index < -0.39 is 0 Å². The molecule has 4 heteroatoms. The van der Waals surface area contributed by atoms with E-state index in [9.17, 15) is 0 Å². The largest absolute Gasteiger partial charge is 0.246 e. The maximum atomic E-state index is 5.26. The summed E-state index contributed by atoms with van der Waals surface area (Å²) in [4.78, 5) is 15.2. The Balaban J connectivity index is 1.70. The normalized spacial score (nSPS) is 12.9. The molecule has 0 amide bonds. The topological polar surface area (TPSA) is 24.7 Å². The van der Waals surface area contributed by atoms with E-state index in [2.05, 4.69) is 109 Å². The molecule has 5 aromatic rings. The van der Waals surface area contributed by atoms with Gasteiger partial charge in [0.15, 0.2) is 0 Å². The van der Waals surface area contributed by atoms with Crippen LogP contribution in [0.3, 0.4) is 0 Å². The van der Waals surface area contributed by atoms with Crippen molar-refractivity contribution in [1.29, 1.82) is 0 Å². The van der Waals surface area contributed by atoms with Crippen molar-refractivity contribution in [2.75, 3.05) is 0 Å². The molecule has 0 bridgehead atoms. The highest BCUT2D eigenvalue weighted by Gasteiger charge is 2.27. The minimum atomic E-state index is 1.02. The van der Waals surface area contributed by atoms with E-state index in [1.54, 1.807) is 23.5 Å². The summed E-state index contributed by atoms with van der Waals surface area (Å²) in [5.41, 5.74) is 6.70. The molecule has 2 aliphatic heterocycles. The Bertz CT molecular complexity index is 1570. The molecule has 2 heterocycles. The van der Waals surface area contributed by atoms with Crippen LogP contribution in [0.5, 0.6) is 0 Å². The molecule has 2 aliphatic rings. The van der Waals surface area contributed by atoms with Gasteiger partial charge in [0.25, 0.3) is 0 Å². The molecule has 5 aromatic carbocycles. The van der Waals surface area contributed by atoms with Crippen molar-refractivity contribution < 1.29 is 0 Å². The fraction of sp³-hybridized carbons (Fsp3) is 0. The average molecular weight is 471 g/mol. The standard InChI is InChI=1S/C30H18N2S2/c1-3-11-19(12-4-1)25-27-30(34-24-18-10-7-15-21(24)31-27)26(20-13-5-2-6-14-20)28-29(25)33-23-17-9-8-16-22(23)32-28/h1-18H. The highest BCUT2D eigenvalue weighted by Crippen LogP contribution is 2.46. The summed E-state index contributed by atoms with van der Waals surface area (Å²) >= 11 is 3.61. The maximum Gasteiger partial charge on any atom is 0.0874 e. The third-order valence-electron chi connectivity index (χ3n) is 6.10. The number of hydrogen-bond acceptors (Lipinski definition) is 4. The second kappa shape index (κ2) is 8.01. The zero-order valence-electron chi connectivity index (χ0n) is 18.1. The summed E-state index contributed by atoms with van der Waals surface area (Å²) in [6, 6.07) is 38.1. The summed E-state index contributed by atoms with van der Waals surface area (Å²) in [5, 5.41) is 2.07. The van der Waals surface area contributed by atoms with E-state index in [0.29, 0.717) is 0 Å². The van der Waals surface area contributed by atoms with Crippen LogP contribution in [0.4, 0.5) is 11.4 Å². The molecule has 0 fully saturated rings. The quantitative estimate of drug-likeness (QED) is 0.257. The third-order valence-corrected chi connectivity index (χ3v) is 8.44. The van der Waals surface area contributed by atoms with Crippen molar-refractivity contribution >= 4 is 34.9 Å². The fourth-order valence-electron chi connectivity index (χ4n) is 4.57. The molecule has 0 saturated heterocycles. The molecule has 0 aromatic heterocycles. The lowest BCUT2D eigenvalue weighted by atomic mass is 9.97. The van der Waals surface area contributed by atoms with E-state index >= 15 is 0 Å². The van der Waals surface area contributed by atoms with Crippen molar-refractivity contribution in [3.63, 3.8) is 0 Å². The first-order valence-electron chi connectivity index (χ1n) is 11.2. The summed E-state index contributed by atoms with van der Waals surface area (Å²) < 4.78 is 0. The summed E-state index contributed by atoms with van der Waals surface area (Å²) in [6.45, 7) is 0. The number of rotatable bonds is 2. The van der Waals surface area contributed by atoms with Crippen molar-refractivity contribution in [2.45, 2.75) is 19.6 Å². The average Bonchev–Trinajstić information content (AvgIpc) is 2.90. The van der Waals surface area contributed by atoms with Gasteiger partial charge in [-0.25, -0.2) is 9.98 Å². The molecule has 0 aliphatic carbocycles. The third kappa shape index (κ3) is 3.14. The second-order valence-electron chi connectivity index (χ2n) is 8.20. The van der Waals surface area contributed by atoms with Gasteiger partial charge in [-0.15, -0.1) is 0 Å². The van der Waals surface area contributed by atoms with Crippen molar-refractivity contribution in [3.05, 3.63) is 120 Å². The van der Waals surface area contributed by atoms with Crippen LogP contribution >= 0.6 is 23.5 Å².